The molecule has 0 saturated heterocycles. The Morgan fingerprint density at radius 1 is 1.14 bits per heavy atom. The first-order chi connectivity index (χ1) is 10.0. The predicted octanol–water partition coefficient (Wildman–Crippen LogP) is 2.68. The van der Waals surface area contributed by atoms with E-state index in [1.165, 1.54) is 13.2 Å². The van der Waals surface area contributed by atoms with Crippen molar-refractivity contribution >= 4 is 0 Å². The van der Waals surface area contributed by atoms with Gasteiger partial charge in [0, 0.05) is 11.4 Å². The minimum absolute atomic E-state index is 0.0219. The fraction of sp³-hybridized carbons (Fsp3) is 0.250. The number of hydrogen-bond donors (Lipinski definition) is 2. The molecule has 1 aromatic carbocycles. The van der Waals surface area contributed by atoms with Gasteiger partial charge in [0.1, 0.15) is 0 Å². The average Bonchev–Trinajstić information content (AvgIpc) is 2.47. The smallest absolute Gasteiger partial charge is 0.160 e. The van der Waals surface area contributed by atoms with E-state index in [2.05, 4.69) is 17.5 Å². The summed E-state index contributed by atoms with van der Waals surface area (Å²) in [5.41, 5.74) is 3.17. The van der Waals surface area contributed by atoms with Crippen LogP contribution in [0.1, 0.15) is 25.3 Å². The molecule has 0 unspecified atom stereocenters. The van der Waals surface area contributed by atoms with Crippen LogP contribution >= 0.6 is 0 Å². The first-order valence-electron chi connectivity index (χ1n) is 6.39. The summed E-state index contributed by atoms with van der Waals surface area (Å²) in [5, 5.41) is 31.6. The van der Waals surface area contributed by atoms with Gasteiger partial charge >= 0.3 is 0 Å². The number of methoxy groups -OCH3 is 1. The molecule has 0 bridgehead atoms. The van der Waals surface area contributed by atoms with Gasteiger partial charge in [0.25, 0.3) is 0 Å². The van der Waals surface area contributed by atoms with Crippen molar-refractivity contribution in [3.8, 4) is 23.6 Å². The Balaban J connectivity index is 2.65. The molecule has 2 rings (SSSR count). The van der Waals surface area contributed by atoms with Crippen LogP contribution in [-0.2, 0) is 0 Å². The lowest BCUT2D eigenvalue weighted by atomic mass is 9.81. The van der Waals surface area contributed by atoms with Gasteiger partial charge in [0.2, 0.25) is 0 Å². The highest BCUT2D eigenvalue weighted by atomic mass is 16.5. The van der Waals surface area contributed by atoms with E-state index in [1.54, 1.807) is 26.0 Å². The molecular formula is C16H15N3O2. The van der Waals surface area contributed by atoms with Gasteiger partial charge in [-0.3, -0.25) is 0 Å². The summed E-state index contributed by atoms with van der Waals surface area (Å²) in [4.78, 5) is 0. The van der Waals surface area contributed by atoms with Crippen molar-refractivity contribution < 1.29 is 9.84 Å². The van der Waals surface area contributed by atoms with Crippen molar-refractivity contribution in [3.05, 3.63) is 46.3 Å². The Hall–Kier alpha value is -2.92. The van der Waals surface area contributed by atoms with Crippen molar-refractivity contribution in [1.82, 2.24) is 5.32 Å². The minimum atomic E-state index is -0.448. The van der Waals surface area contributed by atoms with Gasteiger partial charge in [-0.15, -0.1) is 0 Å². The second-order valence-corrected chi connectivity index (χ2v) is 4.79. The van der Waals surface area contributed by atoms with Crippen molar-refractivity contribution in [2.45, 2.75) is 19.8 Å². The van der Waals surface area contributed by atoms with E-state index in [0.717, 1.165) is 17.0 Å². The van der Waals surface area contributed by atoms with E-state index in [-0.39, 0.29) is 5.75 Å². The first kappa shape index (κ1) is 14.5. The molecule has 2 N–H and O–H groups in total. The van der Waals surface area contributed by atoms with Gasteiger partial charge in [0.05, 0.1) is 36.3 Å². The number of rotatable bonds is 2. The number of aromatic hydroxyl groups is 1. The Morgan fingerprint density at radius 2 is 1.71 bits per heavy atom. The second-order valence-electron chi connectivity index (χ2n) is 4.79. The second kappa shape index (κ2) is 5.60. The maximum absolute atomic E-state index is 9.69. The maximum Gasteiger partial charge on any atom is 0.160 e. The molecule has 5 nitrogen and oxygen atoms in total. The van der Waals surface area contributed by atoms with Crippen LogP contribution in [0, 0.1) is 22.7 Å². The van der Waals surface area contributed by atoms with Gasteiger partial charge < -0.3 is 15.2 Å². The molecule has 1 aliphatic heterocycles. The molecule has 1 aromatic rings. The topological polar surface area (TPSA) is 89.1 Å². The lowest BCUT2D eigenvalue weighted by Crippen LogP contribution is -2.23. The van der Waals surface area contributed by atoms with Gasteiger partial charge in [-0.05, 0) is 31.5 Å². The van der Waals surface area contributed by atoms with Crippen LogP contribution in [0.4, 0.5) is 0 Å². The molecule has 0 fully saturated rings. The number of ether oxygens (including phenoxy) is 1. The van der Waals surface area contributed by atoms with E-state index < -0.39 is 5.92 Å². The third-order valence-electron chi connectivity index (χ3n) is 3.54. The van der Waals surface area contributed by atoms with Crippen LogP contribution in [0.25, 0.3) is 0 Å². The minimum Gasteiger partial charge on any atom is -0.504 e. The highest BCUT2D eigenvalue weighted by Crippen LogP contribution is 2.39. The molecule has 0 amide bonds. The van der Waals surface area contributed by atoms with Gasteiger partial charge in [-0.2, -0.15) is 10.5 Å². The molecule has 21 heavy (non-hydrogen) atoms. The molecule has 0 spiro atoms. The molecule has 0 aliphatic carbocycles. The number of hydrogen-bond acceptors (Lipinski definition) is 5. The summed E-state index contributed by atoms with van der Waals surface area (Å²) in [6.07, 6.45) is 0. The molecular weight excluding hydrogens is 266 g/mol. The Labute approximate surface area is 123 Å². The number of phenols is 1. The van der Waals surface area contributed by atoms with E-state index in [4.69, 9.17) is 4.74 Å². The van der Waals surface area contributed by atoms with Crippen LogP contribution in [0.2, 0.25) is 0 Å². The number of dihydropyridines is 1. The number of allylic oxidation sites excluding steroid dienone is 4. The molecule has 0 saturated carbocycles. The number of nitriles is 2. The first-order valence-corrected chi connectivity index (χ1v) is 6.39. The quantitative estimate of drug-likeness (QED) is 0.870. The zero-order valence-corrected chi connectivity index (χ0v) is 12.1. The van der Waals surface area contributed by atoms with Crippen LogP contribution in [0.15, 0.2) is 40.7 Å². The SMILES string of the molecule is COc1cc(C2C(C#N)=C(C)NC(C)=C2C#N)ccc1O. The fourth-order valence-corrected chi connectivity index (χ4v) is 2.50. The third-order valence-corrected chi connectivity index (χ3v) is 3.54. The van der Waals surface area contributed by atoms with Crippen molar-refractivity contribution in [2.75, 3.05) is 7.11 Å². The predicted molar refractivity (Wildman–Crippen MR) is 77.2 cm³/mol. The maximum atomic E-state index is 9.69. The summed E-state index contributed by atoms with van der Waals surface area (Å²) in [6, 6.07) is 9.19. The number of nitrogens with zero attached hydrogens (tertiary/aromatic N) is 2. The average molecular weight is 281 g/mol. The van der Waals surface area contributed by atoms with E-state index >= 15 is 0 Å². The molecule has 5 heteroatoms. The molecule has 0 atom stereocenters. The lowest BCUT2D eigenvalue weighted by Gasteiger charge is -2.26. The van der Waals surface area contributed by atoms with Gasteiger partial charge in [-0.1, -0.05) is 6.07 Å². The molecule has 0 radical (unpaired) electrons. The molecule has 106 valence electrons. The number of benzene rings is 1. The van der Waals surface area contributed by atoms with Crippen molar-refractivity contribution in [3.63, 3.8) is 0 Å². The fourth-order valence-electron chi connectivity index (χ4n) is 2.50. The van der Waals surface area contributed by atoms with Crippen molar-refractivity contribution in [1.29, 1.82) is 10.5 Å². The summed E-state index contributed by atoms with van der Waals surface area (Å²) >= 11 is 0. The van der Waals surface area contributed by atoms with E-state index in [1.807, 2.05) is 0 Å². The molecule has 1 heterocycles. The van der Waals surface area contributed by atoms with E-state index in [9.17, 15) is 15.6 Å². The largest absolute Gasteiger partial charge is 0.504 e. The number of phenolic OH excluding ortho intramolecular Hbond substituents is 1. The van der Waals surface area contributed by atoms with Crippen LogP contribution in [0.5, 0.6) is 11.5 Å². The van der Waals surface area contributed by atoms with Crippen LogP contribution in [0.3, 0.4) is 0 Å². The van der Waals surface area contributed by atoms with E-state index in [0.29, 0.717) is 16.9 Å². The van der Waals surface area contributed by atoms with Crippen LogP contribution in [-0.4, -0.2) is 12.2 Å². The summed E-state index contributed by atoms with van der Waals surface area (Å²) in [5.74, 6) is -0.111. The summed E-state index contributed by atoms with van der Waals surface area (Å²) in [6.45, 7) is 3.61. The number of nitrogens with one attached hydrogen (secondary N) is 1. The highest BCUT2D eigenvalue weighted by Gasteiger charge is 2.29. The Morgan fingerprint density at radius 3 is 2.19 bits per heavy atom. The molecule has 1 aliphatic rings. The standard InChI is InChI=1S/C16H15N3O2/c1-9-12(7-17)16(13(8-18)10(2)19-9)11-4-5-14(20)15(6-11)21-3/h4-6,16,19-20H,1-3H3. The third kappa shape index (κ3) is 2.42. The zero-order valence-electron chi connectivity index (χ0n) is 12.1. The summed E-state index contributed by atoms with van der Waals surface area (Å²) < 4.78 is 5.10. The normalized spacial score (nSPS) is 15.3. The molecule has 0 aromatic heterocycles. The van der Waals surface area contributed by atoms with Crippen molar-refractivity contribution in [2.24, 2.45) is 0 Å². The Bertz CT molecular complexity index is 697. The summed E-state index contributed by atoms with van der Waals surface area (Å²) in [7, 11) is 1.46. The highest BCUT2D eigenvalue weighted by molar-refractivity contribution is 5.57. The van der Waals surface area contributed by atoms with Crippen LogP contribution < -0.4 is 10.1 Å². The van der Waals surface area contributed by atoms with Gasteiger partial charge in [-0.25, -0.2) is 0 Å². The monoisotopic (exact) mass is 281 g/mol. The van der Waals surface area contributed by atoms with Gasteiger partial charge in [0.15, 0.2) is 11.5 Å². The zero-order chi connectivity index (χ0) is 15.6. The lowest BCUT2D eigenvalue weighted by molar-refractivity contribution is 0.373. The Kier molecular flexibility index (Phi) is 3.86.